The number of halogens is 1. The summed E-state index contributed by atoms with van der Waals surface area (Å²) in [7, 11) is 0. The number of benzene rings is 1. The van der Waals surface area contributed by atoms with Gasteiger partial charge in [0, 0.05) is 5.56 Å². The minimum absolute atomic E-state index is 0.248. The molecule has 0 saturated heterocycles. The van der Waals surface area contributed by atoms with E-state index in [4.69, 9.17) is 10.8 Å². The Morgan fingerprint density at radius 3 is 2.77 bits per heavy atom. The maximum atomic E-state index is 12.9. The topological polar surface area (TPSA) is 46.2 Å². The van der Waals surface area contributed by atoms with Crippen LogP contribution in [0.25, 0.3) is 0 Å². The standard InChI is InChI=1S/C10H14FNO/c11-10-4-3-8(2-1-5-12)6-9(10)7-13/h3-4,6,13H,1-2,5,7,12H2. The first-order valence-electron chi connectivity index (χ1n) is 4.36. The molecule has 0 aromatic heterocycles. The zero-order chi connectivity index (χ0) is 9.68. The molecule has 3 heteroatoms. The number of nitrogens with two attached hydrogens (primary N) is 1. The Balaban J connectivity index is 2.74. The Morgan fingerprint density at radius 2 is 2.15 bits per heavy atom. The molecule has 72 valence electrons. The zero-order valence-corrected chi connectivity index (χ0v) is 7.46. The Labute approximate surface area is 77.2 Å². The van der Waals surface area contributed by atoms with E-state index in [9.17, 15) is 4.39 Å². The van der Waals surface area contributed by atoms with E-state index in [1.807, 2.05) is 0 Å². The van der Waals surface area contributed by atoms with Crippen LogP contribution in [0.3, 0.4) is 0 Å². The quantitative estimate of drug-likeness (QED) is 0.737. The van der Waals surface area contributed by atoms with Crippen LogP contribution < -0.4 is 5.73 Å². The monoisotopic (exact) mass is 183 g/mol. The third-order valence-electron chi connectivity index (χ3n) is 1.95. The Morgan fingerprint density at radius 1 is 1.38 bits per heavy atom. The van der Waals surface area contributed by atoms with Crippen molar-refractivity contribution in [3.8, 4) is 0 Å². The van der Waals surface area contributed by atoms with Crippen LogP contribution in [0.15, 0.2) is 18.2 Å². The van der Waals surface area contributed by atoms with Crippen molar-refractivity contribution >= 4 is 0 Å². The Kier molecular flexibility index (Phi) is 3.86. The van der Waals surface area contributed by atoms with Gasteiger partial charge in [-0.1, -0.05) is 12.1 Å². The van der Waals surface area contributed by atoms with Crippen LogP contribution in [-0.4, -0.2) is 11.7 Å². The third kappa shape index (κ3) is 2.79. The third-order valence-corrected chi connectivity index (χ3v) is 1.95. The molecule has 0 aliphatic carbocycles. The maximum absolute atomic E-state index is 12.9. The minimum Gasteiger partial charge on any atom is -0.392 e. The second-order valence-corrected chi connectivity index (χ2v) is 2.98. The molecule has 0 heterocycles. The molecule has 0 unspecified atom stereocenters. The lowest BCUT2D eigenvalue weighted by molar-refractivity contribution is 0.275. The molecule has 0 saturated carbocycles. The highest BCUT2D eigenvalue weighted by Crippen LogP contribution is 2.11. The van der Waals surface area contributed by atoms with Crippen molar-refractivity contribution in [3.05, 3.63) is 35.1 Å². The van der Waals surface area contributed by atoms with Crippen molar-refractivity contribution in [1.82, 2.24) is 0 Å². The van der Waals surface area contributed by atoms with E-state index < -0.39 is 0 Å². The summed E-state index contributed by atoms with van der Waals surface area (Å²) in [5, 5.41) is 8.80. The predicted octanol–water partition coefficient (Wildman–Crippen LogP) is 1.21. The van der Waals surface area contributed by atoms with Gasteiger partial charge in [0.2, 0.25) is 0 Å². The SMILES string of the molecule is NCCCc1ccc(F)c(CO)c1. The molecule has 0 bridgehead atoms. The highest BCUT2D eigenvalue weighted by atomic mass is 19.1. The summed E-state index contributed by atoms with van der Waals surface area (Å²) in [6, 6.07) is 4.80. The van der Waals surface area contributed by atoms with E-state index in [1.54, 1.807) is 12.1 Å². The van der Waals surface area contributed by atoms with Gasteiger partial charge in [-0.15, -0.1) is 0 Å². The maximum Gasteiger partial charge on any atom is 0.128 e. The highest BCUT2D eigenvalue weighted by molar-refractivity contribution is 5.24. The highest BCUT2D eigenvalue weighted by Gasteiger charge is 2.01. The van der Waals surface area contributed by atoms with Crippen molar-refractivity contribution in [2.24, 2.45) is 5.73 Å². The molecule has 0 fully saturated rings. The number of aryl methyl sites for hydroxylation is 1. The van der Waals surface area contributed by atoms with Gasteiger partial charge >= 0.3 is 0 Å². The molecule has 0 atom stereocenters. The second-order valence-electron chi connectivity index (χ2n) is 2.98. The van der Waals surface area contributed by atoms with Crippen LogP contribution in [0.2, 0.25) is 0 Å². The summed E-state index contributed by atoms with van der Waals surface area (Å²) in [5.74, 6) is -0.348. The number of aliphatic hydroxyl groups excluding tert-OH is 1. The van der Waals surface area contributed by atoms with Crippen LogP contribution in [0.1, 0.15) is 17.5 Å². The van der Waals surface area contributed by atoms with Crippen molar-refractivity contribution in [3.63, 3.8) is 0 Å². The molecule has 0 aliphatic rings. The largest absolute Gasteiger partial charge is 0.392 e. The molecular weight excluding hydrogens is 169 g/mol. The van der Waals surface area contributed by atoms with E-state index in [0.29, 0.717) is 12.1 Å². The fourth-order valence-electron chi connectivity index (χ4n) is 1.21. The fraction of sp³-hybridized carbons (Fsp3) is 0.400. The Hall–Kier alpha value is -0.930. The first kappa shape index (κ1) is 10.2. The number of rotatable bonds is 4. The van der Waals surface area contributed by atoms with Crippen molar-refractivity contribution in [2.45, 2.75) is 19.4 Å². The fourth-order valence-corrected chi connectivity index (χ4v) is 1.21. The molecule has 2 nitrogen and oxygen atoms in total. The van der Waals surface area contributed by atoms with E-state index in [-0.39, 0.29) is 12.4 Å². The number of aliphatic hydroxyl groups is 1. The predicted molar refractivity (Wildman–Crippen MR) is 49.7 cm³/mol. The van der Waals surface area contributed by atoms with Gasteiger partial charge in [0.15, 0.2) is 0 Å². The molecule has 13 heavy (non-hydrogen) atoms. The average Bonchev–Trinajstić information content (AvgIpc) is 2.16. The lowest BCUT2D eigenvalue weighted by atomic mass is 10.1. The van der Waals surface area contributed by atoms with E-state index in [0.717, 1.165) is 18.4 Å². The van der Waals surface area contributed by atoms with Gasteiger partial charge in [-0.2, -0.15) is 0 Å². The van der Waals surface area contributed by atoms with Gasteiger partial charge in [0.25, 0.3) is 0 Å². The van der Waals surface area contributed by atoms with E-state index in [1.165, 1.54) is 6.07 Å². The zero-order valence-electron chi connectivity index (χ0n) is 7.46. The molecule has 0 amide bonds. The summed E-state index contributed by atoms with van der Waals surface area (Å²) < 4.78 is 12.9. The van der Waals surface area contributed by atoms with Crippen LogP contribution in [-0.2, 0) is 13.0 Å². The van der Waals surface area contributed by atoms with Gasteiger partial charge in [-0.25, -0.2) is 4.39 Å². The molecule has 0 aliphatic heterocycles. The smallest absolute Gasteiger partial charge is 0.128 e. The van der Waals surface area contributed by atoms with Gasteiger partial charge in [0.05, 0.1) is 6.61 Å². The lowest BCUT2D eigenvalue weighted by Gasteiger charge is -2.03. The molecular formula is C10H14FNO. The lowest BCUT2D eigenvalue weighted by Crippen LogP contribution is -2.01. The normalized spacial score (nSPS) is 10.4. The number of hydrogen-bond acceptors (Lipinski definition) is 2. The van der Waals surface area contributed by atoms with E-state index in [2.05, 4.69) is 0 Å². The first-order chi connectivity index (χ1) is 6.27. The van der Waals surface area contributed by atoms with Gasteiger partial charge in [-0.3, -0.25) is 0 Å². The summed E-state index contributed by atoms with van der Waals surface area (Å²) in [5.41, 5.74) is 6.73. The van der Waals surface area contributed by atoms with Crippen LogP contribution in [0.4, 0.5) is 4.39 Å². The van der Waals surface area contributed by atoms with Crippen LogP contribution in [0, 0.1) is 5.82 Å². The molecule has 1 rings (SSSR count). The molecule has 1 aromatic carbocycles. The summed E-state index contributed by atoms with van der Waals surface area (Å²) >= 11 is 0. The number of hydrogen-bond donors (Lipinski definition) is 2. The molecule has 1 aromatic rings. The second kappa shape index (κ2) is 4.94. The Bertz CT molecular complexity index is 276. The van der Waals surface area contributed by atoms with Crippen molar-refractivity contribution < 1.29 is 9.50 Å². The molecule has 0 radical (unpaired) electrons. The van der Waals surface area contributed by atoms with Crippen LogP contribution >= 0.6 is 0 Å². The van der Waals surface area contributed by atoms with Crippen molar-refractivity contribution in [2.75, 3.05) is 6.54 Å². The van der Waals surface area contributed by atoms with Gasteiger partial charge in [-0.05, 0) is 31.0 Å². The van der Waals surface area contributed by atoms with E-state index >= 15 is 0 Å². The average molecular weight is 183 g/mol. The van der Waals surface area contributed by atoms with Crippen molar-refractivity contribution in [1.29, 1.82) is 0 Å². The van der Waals surface area contributed by atoms with Gasteiger partial charge in [0.1, 0.15) is 5.82 Å². The summed E-state index contributed by atoms with van der Waals surface area (Å²) in [4.78, 5) is 0. The summed E-state index contributed by atoms with van der Waals surface area (Å²) in [6.45, 7) is 0.383. The summed E-state index contributed by atoms with van der Waals surface area (Å²) in [6.07, 6.45) is 1.72. The van der Waals surface area contributed by atoms with Gasteiger partial charge < -0.3 is 10.8 Å². The minimum atomic E-state index is -0.348. The first-order valence-corrected chi connectivity index (χ1v) is 4.36. The molecule has 3 N–H and O–H groups in total. The van der Waals surface area contributed by atoms with Crippen LogP contribution in [0.5, 0.6) is 0 Å². The molecule has 0 spiro atoms.